The maximum atomic E-state index is 11.8. The number of amides is 1. The summed E-state index contributed by atoms with van der Waals surface area (Å²) in [5, 5.41) is 3.89. The van der Waals surface area contributed by atoms with Crippen LogP contribution in [0.5, 0.6) is 0 Å². The number of rotatable bonds is 3. The van der Waals surface area contributed by atoms with Crippen molar-refractivity contribution >= 4 is 33.3 Å². The molecule has 1 N–H and O–H groups in total. The smallest absolute Gasteiger partial charge is 0.226 e. The zero-order valence-electron chi connectivity index (χ0n) is 12.8. The molecule has 0 atom stereocenters. The van der Waals surface area contributed by atoms with Crippen LogP contribution >= 0.6 is 11.3 Å². The van der Waals surface area contributed by atoms with Gasteiger partial charge in [-0.05, 0) is 42.8 Å². The first-order valence-corrected chi connectivity index (χ1v) is 7.99. The van der Waals surface area contributed by atoms with Crippen LogP contribution in [0.25, 0.3) is 20.9 Å². The number of nitrogens with one attached hydrogen (secondary N) is 1. The van der Waals surface area contributed by atoms with Crippen LogP contribution in [0, 0.1) is 12.8 Å². The summed E-state index contributed by atoms with van der Waals surface area (Å²) in [6, 6.07) is 9.83. The molecule has 0 fully saturated rings. The molecule has 0 unspecified atom stereocenters. The molecule has 4 nitrogen and oxygen atoms in total. The number of pyridine rings is 1. The number of hydrogen-bond acceptors (Lipinski definition) is 4. The number of carbonyl (C=O) groups is 1. The van der Waals surface area contributed by atoms with E-state index in [2.05, 4.69) is 15.3 Å². The number of fused-ring (bicyclic) bond motifs is 1. The zero-order valence-corrected chi connectivity index (χ0v) is 13.6. The fourth-order valence-electron chi connectivity index (χ4n) is 2.11. The molecular formula is C17H17N3OS. The third kappa shape index (κ3) is 2.85. The molecule has 0 saturated heterocycles. The number of thiazole rings is 1. The Kier molecular flexibility index (Phi) is 3.90. The molecule has 0 radical (unpaired) electrons. The van der Waals surface area contributed by atoms with Crippen molar-refractivity contribution in [1.82, 2.24) is 9.97 Å². The molecule has 0 spiro atoms. The first-order chi connectivity index (χ1) is 10.5. The first kappa shape index (κ1) is 14.7. The largest absolute Gasteiger partial charge is 0.326 e. The summed E-state index contributed by atoms with van der Waals surface area (Å²) in [6.45, 7) is 5.76. The van der Waals surface area contributed by atoms with E-state index in [-0.39, 0.29) is 11.8 Å². The van der Waals surface area contributed by atoms with E-state index in [1.165, 1.54) is 0 Å². The summed E-state index contributed by atoms with van der Waals surface area (Å²) in [4.78, 5) is 21.7. The predicted molar refractivity (Wildman–Crippen MR) is 91.1 cm³/mol. The van der Waals surface area contributed by atoms with Crippen molar-refractivity contribution in [2.45, 2.75) is 20.8 Å². The van der Waals surface area contributed by atoms with E-state index in [9.17, 15) is 4.79 Å². The molecule has 112 valence electrons. The van der Waals surface area contributed by atoms with Gasteiger partial charge in [0.15, 0.2) is 0 Å². The topological polar surface area (TPSA) is 54.9 Å². The molecule has 1 aromatic carbocycles. The molecule has 0 aliphatic rings. The molecular weight excluding hydrogens is 294 g/mol. The molecule has 2 aromatic heterocycles. The Morgan fingerprint density at radius 3 is 2.77 bits per heavy atom. The fraction of sp³-hybridized carbons (Fsp3) is 0.235. The molecule has 0 aliphatic heterocycles. The van der Waals surface area contributed by atoms with E-state index in [0.29, 0.717) is 0 Å². The van der Waals surface area contributed by atoms with Gasteiger partial charge in [-0.2, -0.15) is 0 Å². The average Bonchev–Trinajstić information content (AvgIpc) is 2.93. The molecule has 3 rings (SSSR count). The van der Waals surface area contributed by atoms with Crippen LogP contribution in [0.3, 0.4) is 0 Å². The summed E-state index contributed by atoms with van der Waals surface area (Å²) < 4.78 is 0. The number of nitrogens with zero attached hydrogens (tertiary/aromatic N) is 2. The van der Waals surface area contributed by atoms with Crippen molar-refractivity contribution < 1.29 is 4.79 Å². The average molecular weight is 311 g/mol. The summed E-state index contributed by atoms with van der Waals surface area (Å²) >= 11 is 1.57. The minimum Gasteiger partial charge on any atom is -0.326 e. The molecule has 22 heavy (non-hydrogen) atoms. The number of aromatic nitrogens is 2. The summed E-state index contributed by atoms with van der Waals surface area (Å²) in [6.07, 6.45) is 1.78. The lowest BCUT2D eigenvalue weighted by atomic mass is 10.1. The Morgan fingerprint density at radius 1 is 1.27 bits per heavy atom. The Hall–Kier alpha value is -2.27. The van der Waals surface area contributed by atoms with Gasteiger partial charge < -0.3 is 5.32 Å². The SMILES string of the molecule is Cc1cc(-c2nc3cccnc3s2)ccc1NC(=O)C(C)C. The molecule has 0 saturated carbocycles. The van der Waals surface area contributed by atoms with Crippen LogP contribution in [0.4, 0.5) is 5.69 Å². The van der Waals surface area contributed by atoms with Crippen LogP contribution < -0.4 is 5.32 Å². The zero-order chi connectivity index (χ0) is 15.7. The van der Waals surface area contributed by atoms with Crippen LogP contribution in [0.1, 0.15) is 19.4 Å². The van der Waals surface area contributed by atoms with Gasteiger partial charge in [-0.25, -0.2) is 9.97 Å². The molecule has 1 amide bonds. The van der Waals surface area contributed by atoms with Crippen molar-refractivity contribution in [2.24, 2.45) is 5.92 Å². The standard InChI is InChI=1S/C17H17N3OS/c1-10(2)15(21)19-13-7-6-12(9-11(13)3)16-20-14-5-4-8-18-17(14)22-16/h4-10H,1-3H3,(H,19,21). The third-order valence-electron chi connectivity index (χ3n) is 3.42. The highest BCUT2D eigenvalue weighted by atomic mass is 32.1. The van der Waals surface area contributed by atoms with E-state index in [1.807, 2.05) is 51.1 Å². The lowest BCUT2D eigenvalue weighted by Gasteiger charge is -2.11. The van der Waals surface area contributed by atoms with E-state index in [4.69, 9.17) is 0 Å². The van der Waals surface area contributed by atoms with Gasteiger partial charge in [-0.1, -0.05) is 25.2 Å². The highest BCUT2D eigenvalue weighted by molar-refractivity contribution is 7.21. The van der Waals surface area contributed by atoms with Crippen molar-refractivity contribution in [3.8, 4) is 10.6 Å². The first-order valence-electron chi connectivity index (χ1n) is 7.18. The number of hydrogen-bond donors (Lipinski definition) is 1. The second-order valence-corrected chi connectivity index (χ2v) is 6.50. The van der Waals surface area contributed by atoms with Gasteiger partial charge in [0.05, 0.1) is 0 Å². The van der Waals surface area contributed by atoms with E-state index < -0.39 is 0 Å². The highest BCUT2D eigenvalue weighted by Crippen LogP contribution is 2.31. The summed E-state index contributed by atoms with van der Waals surface area (Å²) in [5.41, 5.74) is 3.83. The van der Waals surface area contributed by atoms with Gasteiger partial charge in [0, 0.05) is 23.4 Å². The maximum absolute atomic E-state index is 11.8. The summed E-state index contributed by atoms with van der Waals surface area (Å²) in [7, 11) is 0. The Labute approximate surface area is 133 Å². The minimum absolute atomic E-state index is 0.0278. The molecule has 0 aliphatic carbocycles. The minimum atomic E-state index is -0.0330. The Bertz CT molecular complexity index is 806. The quantitative estimate of drug-likeness (QED) is 0.786. The van der Waals surface area contributed by atoms with Gasteiger partial charge >= 0.3 is 0 Å². The number of benzene rings is 1. The predicted octanol–water partition coefficient (Wildman–Crippen LogP) is 4.26. The third-order valence-corrected chi connectivity index (χ3v) is 4.45. The van der Waals surface area contributed by atoms with Crippen molar-refractivity contribution in [3.63, 3.8) is 0 Å². The molecule has 3 aromatic rings. The molecule has 0 bridgehead atoms. The second-order valence-electron chi connectivity index (χ2n) is 5.52. The van der Waals surface area contributed by atoms with Crippen molar-refractivity contribution in [2.75, 3.05) is 5.32 Å². The number of carbonyl (C=O) groups excluding carboxylic acids is 1. The van der Waals surface area contributed by atoms with Gasteiger partial charge in [0.25, 0.3) is 0 Å². The monoisotopic (exact) mass is 311 g/mol. The van der Waals surface area contributed by atoms with Gasteiger partial charge in [0.1, 0.15) is 15.4 Å². The van der Waals surface area contributed by atoms with Gasteiger partial charge in [-0.3, -0.25) is 4.79 Å². The Morgan fingerprint density at radius 2 is 2.09 bits per heavy atom. The van der Waals surface area contributed by atoms with Crippen molar-refractivity contribution in [3.05, 3.63) is 42.1 Å². The van der Waals surface area contributed by atoms with Gasteiger partial charge in [0.2, 0.25) is 5.91 Å². The lowest BCUT2D eigenvalue weighted by molar-refractivity contribution is -0.118. The Balaban J connectivity index is 1.92. The van der Waals surface area contributed by atoms with E-state index in [0.717, 1.165) is 32.2 Å². The normalized spacial score (nSPS) is 11.1. The van der Waals surface area contributed by atoms with E-state index in [1.54, 1.807) is 17.5 Å². The summed E-state index contributed by atoms with van der Waals surface area (Å²) in [5.74, 6) is -0.00514. The van der Waals surface area contributed by atoms with Crippen LogP contribution in [0.15, 0.2) is 36.5 Å². The highest BCUT2D eigenvalue weighted by Gasteiger charge is 2.11. The van der Waals surface area contributed by atoms with Crippen molar-refractivity contribution in [1.29, 1.82) is 0 Å². The van der Waals surface area contributed by atoms with Gasteiger partial charge in [-0.15, -0.1) is 0 Å². The molecule has 2 heterocycles. The van der Waals surface area contributed by atoms with Crippen LogP contribution in [0.2, 0.25) is 0 Å². The van der Waals surface area contributed by atoms with Crippen LogP contribution in [-0.4, -0.2) is 15.9 Å². The fourth-order valence-corrected chi connectivity index (χ4v) is 3.01. The number of aryl methyl sites for hydroxylation is 1. The van der Waals surface area contributed by atoms with Crippen LogP contribution in [-0.2, 0) is 4.79 Å². The van der Waals surface area contributed by atoms with E-state index >= 15 is 0 Å². The lowest BCUT2D eigenvalue weighted by Crippen LogP contribution is -2.18. The second kappa shape index (κ2) is 5.85. The maximum Gasteiger partial charge on any atom is 0.226 e. The number of anilines is 1. The molecule has 5 heteroatoms.